The standard InChI is InChI=1S/C25H31ClFN7/c1-32(2)12-13-34-15-22(18-5-6-21(27)20(26)14-18)31-24(34)17-7-10-33(11-8-17)25-19-4-3-9-28-23(19)29-16-30-25/h5-6,14-17H,3-4,7-13H2,1-2H3,(H,28,29,30). The highest BCUT2D eigenvalue weighted by atomic mass is 35.5. The van der Waals surface area contributed by atoms with Crippen molar-refractivity contribution in [2.45, 2.75) is 38.1 Å². The van der Waals surface area contributed by atoms with E-state index in [1.54, 1.807) is 18.5 Å². The number of fused-ring (bicyclic) bond motifs is 1. The van der Waals surface area contributed by atoms with Gasteiger partial charge in [-0.3, -0.25) is 0 Å². The minimum Gasteiger partial charge on any atom is -0.370 e. The molecule has 7 nitrogen and oxygen atoms in total. The van der Waals surface area contributed by atoms with Gasteiger partial charge in [-0.15, -0.1) is 0 Å². The molecule has 0 atom stereocenters. The van der Waals surface area contributed by atoms with Gasteiger partial charge in [-0.05, 0) is 58.0 Å². The molecule has 2 aliphatic rings. The molecule has 1 fully saturated rings. The molecule has 4 heterocycles. The first kappa shape index (κ1) is 23.1. The second kappa shape index (κ2) is 9.88. The Kier molecular flexibility index (Phi) is 6.70. The van der Waals surface area contributed by atoms with Gasteiger partial charge in [-0.2, -0.15) is 0 Å². The normalized spacial score (nSPS) is 16.6. The molecule has 0 unspecified atom stereocenters. The van der Waals surface area contributed by atoms with Crippen LogP contribution in [0.3, 0.4) is 0 Å². The van der Waals surface area contributed by atoms with Gasteiger partial charge in [-0.1, -0.05) is 11.6 Å². The molecule has 1 N–H and O–H groups in total. The molecule has 0 amide bonds. The van der Waals surface area contributed by atoms with Gasteiger partial charge in [0, 0.05) is 56.0 Å². The van der Waals surface area contributed by atoms with Gasteiger partial charge in [0.15, 0.2) is 0 Å². The number of imidazole rings is 1. The molecular weight excluding hydrogens is 453 g/mol. The minimum absolute atomic E-state index is 0.123. The second-order valence-electron chi connectivity index (χ2n) is 9.43. The summed E-state index contributed by atoms with van der Waals surface area (Å²) in [6, 6.07) is 4.82. The molecular formula is C25H31ClFN7. The molecule has 1 aromatic carbocycles. The summed E-state index contributed by atoms with van der Waals surface area (Å²) in [5, 5.41) is 3.53. The van der Waals surface area contributed by atoms with Gasteiger partial charge in [0.05, 0.1) is 10.7 Å². The summed E-state index contributed by atoms with van der Waals surface area (Å²) in [5.41, 5.74) is 2.93. The van der Waals surface area contributed by atoms with Crippen molar-refractivity contribution >= 4 is 23.2 Å². The van der Waals surface area contributed by atoms with Gasteiger partial charge >= 0.3 is 0 Å². The van der Waals surface area contributed by atoms with Crippen LogP contribution in [-0.2, 0) is 13.0 Å². The lowest BCUT2D eigenvalue weighted by Crippen LogP contribution is -2.35. The number of likely N-dealkylation sites (N-methyl/N-ethyl adjacent to an activating group) is 1. The van der Waals surface area contributed by atoms with E-state index in [4.69, 9.17) is 16.6 Å². The Bertz CT molecular complexity index is 1150. The van der Waals surface area contributed by atoms with Crippen LogP contribution in [-0.4, -0.2) is 64.7 Å². The Morgan fingerprint density at radius 1 is 1.21 bits per heavy atom. The molecule has 0 aliphatic carbocycles. The first-order valence-corrected chi connectivity index (χ1v) is 12.4. The number of halogens is 2. The van der Waals surface area contributed by atoms with E-state index in [1.807, 2.05) is 0 Å². The summed E-state index contributed by atoms with van der Waals surface area (Å²) < 4.78 is 16.0. The number of hydrogen-bond donors (Lipinski definition) is 1. The van der Waals surface area contributed by atoms with Gasteiger partial charge in [0.2, 0.25) is 0 Å². The third-order valence-corrected chi connectivity index (χ3v) is 7.08. The molecule has 9 heteroatoms. The first-order chi connectivity index (χ1) is 16.5. The summed E-state index contributed by atoms with van der Waals surface area (Å²) in [4.78, 5) is 18.7. The van der Waals surface area contributed by atoms with Crippen LogP contribution in [0, 0.1) is 5.82 Å². The SMILES string of the molecule is CN(C)CCn1cc(-c2ccc(F)c(Cl)c2)nc1C1CCN(c2ncnc3c2CCCN3)CC1. The van der Waals surface area contributed by atoms with Gasteiger partial charge < -0.3 is 19.7 Å². The smallest absolute Gasteiger partial charge is 0.141 e. The predicted molar refractivity (Wildman–Crippen MR) is 134 cm³/mol. The van der Waals surface area contributed by atoms with Gasteiger partial charge in [-0.25, -0.2) is 19.3 Å². The minimum atomic E-state index is -0.410. The average molecular weight is 484 g/mol. The fourth-order valence-corrected chi connectivity index (χ4v) is 5.10. The van der Waals surface area contributed by atoms with Crippen molar-refractivity contribution in [1.82, 2.24) is 24.4 Å². The van der Waals surface area contributed by atoms with Crippen molar-refractivity contribution in [2.75, 3.05) is 50.5 Å². The lowest BCUT2D eigenvalue weighted by atomic mass is 9.95. The quantitative estimate of drug-likeness (QED) is 0.559. The van der Waals surface area contributed by atoms with Crippen LogP contribution >= 0.6 is 11.6 Å². The van der Waals surface area contributed by atoms with E-state index in [-0.39, 0.29) is 5.02 Å². The van der Waals surface area contributed by atoms with Crippen LogP contribution in [0.5, 0.6) is 0 Å². The lowest BCUT2D eigenvalue weighted by Gasteiger charge is -2.34. The Morgan fingerprint density at radius 3 is 2.79 bits per heavy atom. The number of anilines is 2. The summed E-state index contributed by atoms with van der Waals surface area (Å²) >= 11 is 6.05. The Labute approximate surface area is 205 Å². The Balaban J connectivity index is 1.37. The van der Waals surface area contributed by atoms with Crippen molar-refractivity contribution in [3.05, 3.63) is 53.0 Å². The molecule has 34 heavy (non-hydrogen) atoms. The fourth-order valence-electron chi connectivity index (χ4n) is 4.92. The van der Waals surface area contributed by atoms with Crippen LogP contribution in [0.4, 0.5) is 16.0 Å². The molecule has 180 valence electrons. The lowest BCUT2D eigenvalue weighted by molar-refractivity contribution is 0.372. The summed E-state index contributed by atoms with van der Waals surface area (Å²) in [7, 11) is 4.15. The average Bonchev–Trinajstić information content (AvgIpc) is 3.28. The number of nitrogens with zero attached hydrogens (tertiary/aromatic N) is 6. The number of hydrogen-bond acceptors (Lipinski definition) is 6. The summed E-state index contributed by atoms with van der Waals surface area (Å²) in [6.45, 7) is 4.63. The second-order valence-corrected chi connectivity index (χ2v) is 9.83. The van der Waals surface area contributed by atoms with Gasteiger partial charge in [0.1, 0.15) is 29.6 Å². The molecule has 2 aliphatic heterocycles. The van der Waals surface area contributed by atoms with Crippen molar-refractivity contribution in [3.8, 4) is 11.3 Å². The van der Waals surface area contributed by atoms with Crippen molar-refractivity contribution in [2.24, 2.45) is 0 Å². The van der Waals surface area contributed by atoms with Crippen molar-refractivity contribution in [3.63, 3.8) is 0 Å². The van der Waals surface area contributed by atoms with Crippen molar-refractivity contribution < 1.29 is 4.39 Å². The maximum Gasteiger partial charge on any atom is 0.141 e. The van der Waals surface area contributed by atoms with Crippen LogP contribution in [0.15, 0.2) is 30.7 Å². The third kappa shape index (κ3) is 4.74. The van der Waals surface area contributed by atoms with Crippen LogP contribution in [0.1, 0.15) is 36.6 Å². The van der Waals surface area contributed by atoms with E-state index in [0.29, 0.717) is 5.92 Å². The maximum absolute atomic E-state index is 13.7. The van der Waals surface area contributed by atoms with E-state index >= 15 is 0 Å². The fraction of sp³-hybridized carbons (Fsp3) is 0.480. The van der Waals surface area contributed by atoms with Crippen molar-refractivity contribution in [1.29, 1.82) is 0 Å². The summed E-state index contributed by atoms with van der Waals surface area (Å²) in [5.74, 6) is 3.11. The van der Waals surface area contributed by atoms with Gasteiger partial charge in [0.25, 0.3) is 0 Å². The highest BCUT2D eigenvalue weighted by Gasteiger charge is 2.28. The molecule has 2 aromatic heterocycles. The predicted octanol–water partition coefficient (Wildman–Crippen LogP) is 4.44. The third-order valence-electron chi connectivity index (χ3n) is 6.79. The Morgan fingerprint density at radius 2 is 2.03 bits per heavy atom. The number of piperidine rings is 1. The number of aromatic nitrogens is 4. The first-order valence-electron chi connectivity index (χ1n) is 12.0. The van der Waals surface area contributed by atoms with E-state index in [0.717, 1.165) is 87.1 Å². The summed E-state index contributed by atoms with van der Waals surface area (Å²) in [6.07, 6.45) is 7.91. The zero-order chi connectivity index (χ0) is 23.7. The zero-order valence-electron chi connectivity index (χ0n) is 19.8. The maximum atomic E-state index is 13.7. The largest absolute Gasteiger partial charge is 0.370 e. The van der Waals surface area contributed by atoms with Crippen LogP contribution in [0.2, 0.25) is 5.02 Å². The zero-order valence-corrected chi connectivity index (χ0v) is 20.5. The molecule has 0 bridgehead atoms. The van der Waals surface area contributed by atoms with E-state index in [2.05, 4.69) is 49.9 Å². The molecule has 1 saturated heterocycles. The van der Waals surface area contributed by atoms with E-state index in [9.17, 15) is 4.39 Å². The van der Waals surface area contributed by atoms with E-state index in [1.165, 1.54) is 11.6 Å². The molecule has 5 rings (SSSR count). The monoisotopic (exact) mass is 483 g/mol. The Hall–Kier alpha value is -2.71. The number of rotatable bonds is 6. The highest BCUT2D eigenvalue weighted by Crippen LogP contribution is 2.35. The molecule has 0 saturated carbocycles. The van der Waals surface area contributed by atoms with Crippen LogP contribution in [0.25, 0.3) is 11.3 Å². The highest BCUT2D eigenvalue weighted by molar-refractivity contribution is 6.31. The molecule has 3 aromatic rings. The molecule has 0 spiro atoms. The number of nitrogens with one attached hydrogen (secondary N) is 1. The molecule has 0 radical (unpaired) electrons. The topological polar surface area (TPSA) is 62.1 Å². The number of benzene rings is 1. The van der Waals surface area contributed by atoms with Crippen LogP contribution < -0.4 is 10.2 Å². The van der Waals surface area contributed by atoms with E-state index < -0.39 is 5.82 Å².